The van der Waals surface area contributed by atoms with Crippen LogP contribution in [0.2, 0.25) is 10.0 Å². The minimum Gasteiger partial charge on any atom is -0.355 e. The Bertz CT molecular complexity index is 1370. The number of aromatic nitrogens is 3. The molecule has 2 N–H and O–H groups in total. The number of rotatable bonds is 6. The first-order valence-corrected chi connectivity index (χ1v) is 10.7. The Morgan fingerprint density at radius 2 is 1.83 bits per heavy atom. The summed E-state index contributed by atoms with van der Waals surface area (Å²) in [6.07, 6.45) is -4.21. The zero-order chi connectivity index (χ0) is 25.5. The van der Waals surface area contributed by atoms with Crippen molar-refractivity contribution in [2.75, 3.05) is 6.61 Å². The van der Waals surface area contributed by atoms with Gasteiger partial charge in [0.05, 0.1) is 28.0 Å². The predicted molar refractivity (Wildman–Crippen MR) is 117 cm³/mol. The van der Waals surface area contributed by atoms with Crippen LogP contribution in [-0.4, -0.2) is 31.8 Å². The van der Waals surface area contributed by atoms with E-state index >= 15 is 0 Å². The van der Waals surface area contributed by atoms with Gasteiger partial charge in [-0.2, -0.15) is 18.3 Å². The molecule has 0 fully saturated rings. The van der Waals surface area contributed by atoms with Gasteiger partial charge in [0.1, 0.15) is 17.1 Å². The van der Waals surface area contributed by atoms with Crippen LogP contribution in [0.5, 0.6) is 0 Å². The van der Waals surface area contributed by atoms with Crippen molar-refractivity contribution in [3.05, 3.63) is 75.8 Å². The molecule has 7 nitrogen and oxygen atoms in total. The second-order valence-electron chi connectivity index (χ2n) is 7.17. The predicted octanol–water partition coefficient (Wildman–Crippen LogP) is 5.79. The van der Waals surface area contributed by atoms with Gasteiger partial charge in [0, 0.05) is 11.6 Å². The fourth-order valence-electron chi connectivity index (χ4n) is 3.54. The Morgan fingerprint density at radius 1 is 1.11 bits per heavy atom. The van der Waals surface area contributed by atoms with Gasteiger partial charge >= 0.3 is 12.1 Å². The van der Waals surface area contributed by atoms with Crippen LogP contribution in [-0.2, 0) is 16.9 Å². The minimum atomic E-state index is -5.01. The highest BCUT2D eigenvalue weighted by Crippen LogP contribution is 2.45. The van der Waals surface area contributed by atoms with Crippen molar-refractivity contribution in [1.29, 1.82) is 0 Å². The number of alkyl halides is 3. The van der Waals surface area contributed by atoms with Crippen molar-refractivity contribution in [3.8, 4) is 28.3 Å². The third kappa shape index (κ3) is 4.65. The molecule has 0 unspecified atom stereocenters. The van der Waals surface area contributed by atoms with Gasteiger partial charge in [-0.1, -0.05) is 40.5 Å². The van der Waals surface area contributed by atoms with Crippen molar-refractivity contribution < 1.29 is 37.0 Å². The Morgan fingerprint density at radius 3 is 2.46 bits per heavy atom. The quantitative estimate of drug-likeness (QED) is 0.241. The molecule has 0 amide bonds. The summed E-state index contributed by atoms with van der Waals surface area (Å²) < 4.78 is 68.0. The van der Waals surface area contributed by atoms with E-state index in [4.69, 9.17) is 32.5 Å². The summed E-state index contributed by atoms with van der Waals surface area (Å²) in [6, 6.07) is 9.07. The largest absolute Gasteiger partial charge is 0.434 e. The highest BCUT2D eigenvalue weighted by atomic mass is 35.5. The molecule has 0 aliphatic rings. The van der Waals surface area contributed by atoms with E-state index in [1.54, 1.807) is 0 Å². The summed E-state index contributed by atoms with van der Waals surface area (Å²) in [5.41, 5.74) is -3.87. The Hall–Kier alpha value is -2.96. The summed E-state index contributed by atoms with van der Waals surface area (Å²) in [6.45, 7) is 1.12. The van der Waals surface area contributed by atoms with Gasteiger partial charge in [-0.15, -0.1) is 0 Å². The summed E-state index contributed by atoms with van der Waals surface area (Å²) in [5.74, 6) is -4.93. The molecule has 0 aliphatic carbocycles. The van der Waals surface area contributed by atoms with Gasteiger partial charge in [0.15, 0.2) is 11.5 Å². The molecular weight excluding hydrogens is 517 g/mol. The van der Waals surface area contributed by atoms with Crippen molar-refractivity contribution in [1.82, 2.24) is 14.9 Å². The molecule has 0 saturated carbocycles. The fourth-order valence-corrected chi connectivity index (χ4v) is 3.97. The molecule has 4 rings (SSSR count). The van der Waals surface area contributed by atoms with Crippen molar-refractivity contribution in [2.45, 2.75) is 19.1 Å². The van der Waals surface area contributed by atoms with E-state index in [1.807, 2.05) is 0 Å². The topological polar surface area (TPSA) is 93.5 Å². The molecule has 2 aromatic heterocycles. The second kappa shape index (κ2) is 9.25. The zero-order valence-electron chi connectivity index (χ0n) is 17.6. The maximum atomic E-state index is 14.7. The minimum absolute atomic E-state index is 0.0291. The van der Waals surface area contributed by atoms with Crippen LogP contribution in [0.1, 0.15) is 18.2 Å². The molecule has 0 bridgehead atoms. The molecule has 13 heteroatoms. The van der Waals surface area contributed by atoms with Crippen LogP contribution in [0.3, 0.4) is 0 Å². The molecule has 0 atom stereocenters. The molecule has 0 radical (unpaired) electrons. The summed E-state index contributed by atoms with van der Waals surface area (Å²) in [4.78, 5) is 0. The summed E-state index contributed by atoms with van der Waals surface area (Å²) in [7, 11) is 0. The first kappa shape index (κ1) is 25.1. The lowest BCUT2D eigenvalue weighted by Gasteiger charge is -2.22. The molecule has 0 spiro atoms. The maximum Gasteiger partial charge on any atom is 0.434 e. The molecule has 4 aromatic rings. The van der Waals surface area contributed by atoms with Gasteiger partial charge in [0.25, 0.3) is 0 Å². The summed E-state index contributed by atoms with van der Waals surface area (Å²) in [5, 5.41) is 28.7. The van der Waals surface area contributed by atoms with E-state index in [0.29, 0.717) is 4.68 Å². The standard InChI is InChI=1S/C22H15Cl2F4N3O4/c1-2-34-22(32,33)17-18(16-14(24)7-4-8-15(16)25)30-35-19(17)13-10-29-31(20(13)21(26,27)28)12-6-3-5-11(23)9-12/h3-10,32-33H,2H2,1H3. The van der Waals surface area contributed by atoms with E-state index in [9.17, 15) is 27.8 Å². The summed E-state index contributed by atoms with van der Waals surface area (Å²) >= 11 is 12.0. The van der Waals surface area contributed by atoms with Crippen LogP contribution >= 0.6 is 23.2 Å². The molecular formula is C22H15Cl2F4N3O4. The molecule has 2 aromatic carbocycles. The highest BCUT2D eigenvalue weighted by molar-refractivity contribution is 6.33. The van der Waals surface area contributed by atoms with E-state index in [0.717, 1.165) is 12.3 Å². The van der Waals surface area contributed by atoms with Crippen LogP contribution in [0.25, 0.3) is 28.3 Å². The Kier molecular flexibility index (Phi) is 6.64. The van der Waals surface area contributed by atoms with Crippen LogP contribution in [0.15, 0.2) is 53.2 Å². The number of hydrogen-bond donors (Lipinski definition) is 2. The van der Waals surface area contributed by atoms with Gasteiger partial charge in [-0.05, 0) is 37.3 Å². The molecule has 2 heterocycles. The van der Waals surface area contributed by atoms with E-state index in [1.165, 1.54) is 43.3 Å². The van der Waals surface area contributed by atoms with Gasteiger partial charge in [-0.25, -0.2) is 9.07 Å². The number of halogens is 6. The van der Waals surface area contributed by atoms with Crippen LogP contribution in [0.4, 0.5) is 17.6 Å². The van der Waals surface area contributed by atoms with Gasteiger partial charge < -0.3 is 19.5 Å². The monoisotopic (exact) mass is 531 g/mol. The molecule has 35 heavy (non-hydrogen) atoms. The third-order valence-electron chi connectivity index (χ3n) is 4.90. The SMILES string of the molecule is CCOC(O)(O)c1c(-c2c(F)cccc2Cl)noc1-c1cnn(-c2cccc(Cl)c2)c1C(F)(F)F. The smallest absolute Gasteiger partial charge is 0.355 e. The lowest BCUT2D eigenvalue weighted by atomic mass is 10.00. The zero-order valence-corrected chi connectivity index (χ0v) is 19.2. The van der Waals surface area contributed by atoms with E-state index in [2.05, 4.69) is 10.3 Å². The number of hydrogen-bond acceptors (Lipinski definition) is 6. The lowest BCUT2D eigenvalue weighted by Crippen LogP contribution is -2.30. The molecule has 184 valence electrons. The number of aliphatic hydroxyl groups is 2. The number of nitrogens with zero attached hydrogens (tertiary/aromatic N) is 3. The molecule has 0 saturated heterocycles. The van der Waals surface area contributed by atoms with Crippen LogP contribution in [0, 0.1) is 5.82 Å². The Labute approximate surface area is 205 Å². The second-order valence-corrected chi connectivity index (χ2v) is 8.01. The van der Waals surface area contributed by atoms with E-state index < -0.39 is 51.8 Å². The third-order valence-corrected chi connectivity index (χ3v) is 5.45. The van der Waals surface area contributed by atoms with E-state index in [-0.39, 0.29) is 22.3 Å². The molecule has 0 aliphatic heterocycles. The number of ether oxygens (including phenoxy) is 1. The van der Waals surface area contributed by atoms with Crippen molar-refractivity contribution >= 4 is 23.2 Å². The van der Waals surface area contributed by atoms with Crippen molar-refractivity contribution in [2.24, 2.45) is 0 Å². The highest BCUT2D eigenvalue weighted by Gasteiger charge is 2.45. The maximum absolute atomic E-state index is 14.7. The first-order chi connectivity index (χ1) is 16.5. The normalized spacial score (nSPS) is 12.4. The van der Waals surface area contributed by atoms with Gasteiger partial charge in [-0.3, -0.25) is 0 Å². The van der Waals surface area contributed by atoms with Crippen LogP contribution < -0.4 is 0 Å². The first-order valence-electron chi connectivity index (χ1n) is 9.90. The van der Waals surface area contributed by atoms with Gasteiger partial charge in [0.2, 0.25) is 0 Å². The Balaban J connectivity index is 2.04. The fraction of sp³-hybridized carbons (Fsp3) is 0.182. The lowest BCUT2D eigenvalue weighted by molar-refractivity contribution is -0.347. The average Bonchev–Trinajstić information content (AvgIpc) is 3.38. The van der Waals surface area contributed by atoms with Crippen molar-refractivity contribution in [3.63, 3.8) is 0 Å². The average molecular weight is 532 g/mol. The number of benzene rings is 2.